The number of nitrogens with zero attached hydrogens (tertiary/aromatic N) is 4. The summed E-state index contributed by atoms with van der Waals surface area (Å²) in [4.78, 5) is 29.4. The molecule has 0 aliphatic carbocycles. The van der Waals surface area contributed by atoms with Crippen LogP contribution in [0.1, 0.15) is 57.7 Å². The first-order chi connectivity index (χ1) is 19.4. The zero-order chi connectivity index (χ0) is 28.3. The van der Waals surface area contributed by atoms with Crippen LogP contribution in [0.2, 0.25) is 0 Å². The fraction of sp³-hybridized carbons (Fsp3) is 0.548. The Morgan fingerprint density at radius 1 is 1.07 bits per heavy atom. The first-order valence-electron chi connectivity index (χ1n) is 14.6. The maximum Gasteiger partial charge on any atom is 0.328 e. The van der Waals surface area contributed by atoms with E-state index in [9.17, 15) is 4.79 Å². The molecular weight excluding hydrogens is 504 g/mol. The van der Waals surface area contributed by atoms with E-state index in [2.05, 4.69) is 44.6 Å². The second-order valence-corrected chi connectivity index (χ2v) is 10.9. The van der Waals surface area contributed by atoms with Crippen molar-refractivity contribution in [3.63, 3.8) is 0 Å². The number of ether oxygens (including phenoxy) is 2. The van der Waals surface area contributed by atoms with Gasteiger partial charge in [0.2, 0.25) is 0 Å². The predicted octanol–water partition coefficient (Wildman–Crippen LogP) is 4.86. The molecule has 0 radical (unpaired) electrons. The molecule has 9 heteroatoms. The fourth-order valence-corrected chi connectivity index (χ4v) is 4.96. The number of nitrogens with one attached hydrogen (secondary N) is 2. The number of fused-ring (bicyclic) bond motifs is 2. The van der Waals surface area contributed by atoms with Crippen LogP contribution >= 0.6 is 0 Å². The second kappa shape index (κ2) is 14.9. The molecule has 216 valence electrons. The van der Waals surface area contributed by atoms with Crippen molar-refractivity contribution in [2.75, 3.05) is 43.9 Å². The van der Waals surface area contributed by atoms with Gasteiger partial charge in [-0.2, -0.15) is 0 Å². The van der Waals surface area contributed by atoms with Crippen molar-refractivity contribution < 1.29 is 14.3 Å². The molecule has 2 atom stereocenters. The molecule has 2 aromatic heterocycles. The van der Waals surface area contributed by atoms with E-state index < -0.39 is 6.04 Å². The third-order valence-corrected chi connectivity index (χ3v) is 7.17. The number of methoxy groups -OCH3 is 1. The van der Waals surface area contributed by atoms with Crippen LogP contribution in [-0.2, 0) is 27.1 Å². The number of aryl methyl sites for hydroxylation is 2. The summed E-state index contributed by atoms with van der Waals surface area (Å²) < 4.78 is 11.2. The monoisotopic (exact) mass is 548 g/mol. The molecule has 0 saturated carbocycles. The maximum atomic E-state index is 13.0. The van der Waals surface area contributed by atoms with Gasteiger partial charge in [0.05, 0.1) is 29.4 Å². The molecule has 0 fully saturated rings. The zero-order valence-corrected chi connectivity index (χ0v) is 24.4. The van der Waals surface area contributed by atoms with E-state index in [0.29, 0.717) is 12.2 Å². The van der Waals surface area contributed by atoms with Crippen LogP contribution in [0.25, 0.3) is 11.0 Å². The van der Waals surface area contributed by atoms with Crippen LogP contribution in [0, 0.1) is 0 Å². The molecule has 0 bridgehead atoms. The summed E-state index contributed by atoms with van der Waals surface area (Å²) in [6, 6.07) is 11.6. The van der Waals surface area contributed by atoms with Crippen molar-refractivity contribution in [2.45, 2.75) is 77.5 Å². The van der Waals surface area contributed by atoms with Crippen molar-refractivity contribution in [1.29, 1.82) is 0 Å². The highest BCUT2D eigenvalue weighted by Gasteiger charge is 2.23. The molecule has 1 aromatic carbocycles. The van der Waals surface area contributed by atoms with Crippen LogP contribution in [0.5, 0.6) is 0 Å². The van der Waals surface area contributed by atoms with Crippen LogP contribution in [0.4, 0.5) is 11.6 Å². The summed E-state index contributed by atoms with van der Waals surface area (Å²) >= 11 is 0. The van der Waals surface area contributed by atoms with Crippen molar-refractivity contribution in [3.8, 4) is 0 Å². The van der Waals surface area contributed by atoms with E-state index in [1.807, 2.05) is 38.1 Å². The molecule has 2 unspecified atom stereocenters. The van der Waals surface area contributed by atoms with Crippen molar-refractivity contribution >= 4 is 28.6 Å². The standard InChI is InChI=1S/C31H44N6O3/c1-22(2)40-31(38)28(36-29-20-33-26-12-5-6-13-27(26)35-29)16-19-37(21-23(3)39-4)18-8-7-11-25-15-14-24-10-9-17-32-30(24)34-25/h5-6,12-15,20,22-23,28H,7-11,16-19,21H2,1-4H3,(H,32,34)(H,35,36). The van der Waals surface area contributed by atoms with Gasteiger partial charge in [-0.15, -0.1) is 0 Å². The Balaban J connectivity index is 1.35. The molecule has 0 saturated heterocycles. The number of esters is 1. The highest BCUT2D eigenvalue weighted by molar-refractivity contribution is 5.80. The average Bonchev–Trinajstić information content (AvgIpc) is 2.96. The van der Waals surface area contributed by atoms with Gasteiger partial charge in [-0.1, -0.05) is 18.2 Å². The summed E-state index contributed by atoms with van der Waals surface area (Å²) in [5, 5.41) is 6.72. The second-order valence-electron chi connectivity index (χ2n) is 10.9. The third-order valence-electron chi connectivity index (χ3n) is 7.17. The fourth-order valence-electron chi connectivity index (χ4n) is 4.96. The number of pyridine rings is 1. The molecule has 4 rings (SSSR count). The molecule has 2 N–H and O–H groups in total. The Morgan fingerprint density at radius 2 is 1.90 bits per heavy atom. The number of carbonyl (C=O) groups is 1. The smallest absolute Gasteiger partial charge is 0.328 e. The number of carbonyl (C=O) groups excluding carboxylic acids is 1. The molecule has 40 heavy (non-hydrogen) atoms. The van der Waals surface area contributed by atoms with E-state index in [1.54, 1.807) is 13.3 Å². The van der Waals surface area contributed by atoms with Gasteiger partial charge in [0.1, 0.15) is 17.7 Å². The number of para-hydroxylation sites is 2. The minimum absolute atomic E-state index is 0.0915. The molecule has 3 heterocycles. The number of hydrogen-bond acceptors (Lipinski definition) is 9. The normalized spacial score (nSPS) is 14.6. The summed E-state index contributed by atoms with van der Waals surface area (Å²) in [6.45, 7) is 9.24. The Kier molecular flexibility index (Phi) is 11.1. The molecule has 1 aliphatic heterocycles. The topological polar surface area (TPSA) is 102 Å². The van der Waals surface area contributed by atoms with Gasteiger partial charge in [0.15, 0.2) is 0 Å². The lowest BCUT2D eigenvalue weighted by atomic mass is 10.1. The Labute approximate surface area is 238 Å². The van der Waals surface area contributed by atoms with Crippen LogP contribution in [0.15, 0.2) is 42.6 Å². The van der Waals surface area contributed by atoms with Crippen LogP contribution in [0.3, 0.4) is 0 Å². The average molecular weight is 549 g/mol. The van der Waals surface area contributed by atoms with Gasteiger partial charge < -0.3 is 25.0 Å². The molecular formula is C31H44N6O3. The number of unbranched alkanes of at least 4 members (excludes halogenated alkanes) is 1. The summed E-state index contributed by atoms with van der Waals surface area (Å²) in [5.74, 6) is 1.34. The van der Waals surface area contributed by atoms with Crippen LogP contribution in [-0.4, -0.2) is 77.4 Å². The third kappa shape index (κ3) is 8.86. The number of rotatable bonds is 15. The van der Waals surface area contributed by atoms with Crippen molar-refractivity contribution in [2.24, 2.45) is 0 Å². The van der Waals surface area contributed by atoms with Gasteiger partial charge in [-0.05, 0) is 89.6 Å². The first kappa shape index (κ1) is 29.7. The lowest BCUT2D eigenvalue weighted by molar-refractivity contribution is -0.148. The number of aromatic nitrogens is 3. The van der Waals surface area contributed by atoms with E-state index >= 15 is 0 Å². The molecule has 0 amide bonds. The lowest BCUT2D eigenvalue weighted by Gasteiger charge is -2.27. The Morgan fingerprint density at radius 3 is 2.70 bits per heavy atom. The summed E-state index contributed by atoms with van der Waals surface area (Å²) in [6.07, 6.45) is 7.46. The van der Waals surface area contributed by atoms with Gasteiger partial charge in [-0.25, -0.2) is 14.8 Å². The molecule has 0 spiro atoms. The van der Waals surface area contributed by atoms with E-state index in [1.165, 1.54) is 12.0 Å². The van der Waals surface area contributed by atoms with Crippen molar-refractivity contribution in [3.05, 3.63) is 53.9 Å². The predicted molar refractivity (Wildman–Crippen MR) is 160 cm³/mol. The van der Waals surface area contributed by atoms with E-state index in [0.717, 1.165) is 74.4 Å². The summed E-state index contributed by atoms with van der Waals surface area (Å²) in [7, 11) is 1.74. The van der Waals surface area contributed by atoms with E-state index in [4.69, 9.17) is 14.5 Å². The van der Waals surface area contributed by atoms with Crippen LogP contribution < -0.4 is 10.6 Å². The Hall–Kier alpha value is -3.30. The van der Waals surface area contributed by atoms with Crippen molar-refractivity contribution in [1.82, 2.24) is 19.9 Å². The minimum Gasteiger partial charge on any atom is -0.461 e. The zero-order valence-electron chi connectivity index (χ0n) is 24.4. The largest absolute Gasteiger partial charge is 0.461 e. The highest BCUT2D eigenvalue weighted by atomic mass is 16.5. The quantitative estimate of drug-likeness (QED) is 0.204. The first-order valence-corrected chi connectivity index (χ1v) is 14.6. The highest BCUT2D eigenvalue weighted by Crippen LogP contribution is 2.20. The lowest BCUT2D eigenvalue weighted by Crippen LogP contribution is -2.39. The number of benzene rings is 1. The van der Waals surface area contributed by atoms with Gasteiger partial charge in [0.25, 0.3) is 0 Å². The van der Waals surface area contributed by atoms with Gasteiger partial charge in [0, 0.05) is 32.4 Å². The van der Waals surface area contributed by atoms with Gasteiger partial charge in [-0.3, -0.25) is 4.98 Å². The molecule has 1 aliphatic rings. The van der Waals surface area contributed by atoms with Gasteiger partial charge >= 0.3 is 5.97 Å². The molecule has 9 nitrogen and oxygen atoms in total. The van der Waals surface area contributed by atoms with E-state index in [-0.39, 0.29) is 18.2 Å². The Bertz CT molecular complexity index is 1240. The molecule has 3 aromatic rings. The number of anilines is 2. The summed E-state index contributed by atoms with van der Waals surface area (Å²) in [5.41, 5.74) is 4.06. The minimum atomic E-state index is -0.537. The SMILES string of the molecule is COC(C)CN(CCCCc1ccc2c(n1)NCCC2)CCC(Nc1cnc2ccccc2n1)C(=O)OC(C)C. The number of hydrogen-bond donors (Lipinski definition) is 2. The maximum absolute atomic E-state index is 13.0.